The lowest BCUT2D eigenvalue weighted by Gasteiger charge is -2.05. The Morgan fingerprint density at radius 3 is 2.94 bits per heavy atom. The number of hydrogen-bond acceptors (Lipinski definition) is 4. The molecule has 0 atom stereocenters. The molecule has 0 bridgehead atoms. The number of anilines is 2. The van der Waals surface area contributed by atoms with Gasteiger partial charge in [0.15, 0.2) is 0 Å². The largest absolute Gasteiger partial charge is 0.394 e. The Kier molecular flexibility index (Phi) is 2.80. The first-order valence-corrected chi connectivity index (χ1v) is 5.24. The summed E-state index contributed by atoms with van der Waals surface area (Å²) in [6.07, 6.45) is 4.27. The highest BCUT2D eigenvalue weighted by Crippen LogP contribution is 2.22. The molecule has 0 amide bonds. The quantitative estimate of drug-likeness (QED) is 0.714. The summed E-state index contributed by atoms with van der Waals surface area (Å²) in [5.74, 6) is 0.853. The highest BCUT2D eigenvalue weighted by molar-refractivity contribution is 5.64. The molecule has 6 nitrogen and oxygen atoms in total. The van der Waals surface area contributed by atoms with E-state index in [-0.39, 0.29) is 0 Å². The van der Waals surface area contributed by atoms with Crippen molar-refractivity contribution >= 4 is 11.5 Å². The predicted molar refractivity (Wildman–Crippen MR) is 62.9 cm³/mol. The van der Waals surface area contributed by atoms with E-state index in [0.29, 0.717) is 6.54 Å². The van der Waals surface area contributed by atoms with Crippen LogP contribution in [0.3, 0.4) is 0 Å². The van der Waals surface area contributed by atoms with Crippen molar-refractivity contribution in [1.29, 1.82) is 0 Å². The first-order valence-electron chi connectivity index (χ1n) is 5.24. The lowest BCUT2D eigenvalue weighted by molar-refractivity contribution is 0.747. The molecular weight excluding hydrogens is 204 g/mol. The molecule has 2 aromatic rings. The molecule has 0 saturated carbocycles. The zero-order valence-electron chi connectivity index (χ0n) is 9.49. The van der Waals surface area contributed by atoms with E-state index >= 15 is 0 Å². The number of nitrogens with two attached hydrogens (primary N) is 1. The molecule has 0 radical (unpaired) electrons. The lowest BCUT2D eigenvalue weighted by Crippen LogP contribution is -2.06. The highest BCUT2D eigenvalue weighted by Gasteiger charge is 2.11. The maximum absolute atomic E-state index is 5.98. The third-order valence-corrected chi connectivity index (χ3v) is 2.50. The van der Waals surface area contributed by atoms with Crippen LogP contribution >= 0.6 is 0 Å². The fourth-order valence-electron chi connectivity index (χ4n) is 1.63. The predicted octanol–water partition coefficient (Wildman–Crippen LogP) is 0.900. The molecule has 6 heteroatoms. The van der Waals surface area contributed by atoms with Crippen molar-refractivity contribution in [1.82, 2.24) is 19.7 Å². The van der Waals surface area contributed by atoms with Gasteiger partial charge in [0.05, 0.1) is 29.9 Å². The smallest absolute Gasteiger partial charge is 0.148 e. The Hall–Kier alpha value is -1.98. The van der Waals surface area contributed by atoms with Crippen molar-refractivity contribution in [2.75, 3.05) is 11.1 Å². The van der Waals surface area contributed by atoms with Crippen LogP contribution in [-0.4, -0.2) is 19.7 Å². The van der Waals surface area contributed by atoms with Crippen molar-refractivity contribution < 1.29 is 0 Å². The summed E-state index contributed by atoms with van der Waals surface area (Å²) in [5.41, 5.74) is 8.65. The van der Waals surface area contributed by atoms with E-state index in [2.05, 4.69) is 20.4 Å². The fraction of sp³-hybridized carbons (Fsp3) is 0.400. The molecule has 0 saturated heterocycles. The van der Waals surface area contributed by atoms with E-state index in [9.17, 15) is 0 Å². The van der Waals surface area contributed by atoms with E-state index in [1.165, 1.54) is 0 Å². The summed E-state index contributed by atoms with van der Waals surface area (Å²) < 4.78 is 1.77. The topological polar surface area (TPSA) is 84.5 Å². The average molecular weight is 220 g/mol. The molecule has 2 aromatic heterocycles. The average Bonchev–Trinajstić information content (AvgIpc) is 2.86. The van der Waals surface area contributed by atoms with Gasteiger partial charge in [-0.25, -0.2) is 4.98 Å². The second kappa shape index (κ2) is 4.26. The standard InChI is InChI=1S/C10H16N6/c1-3-8-9(11)10(16(2)15-8)13-5-7-4-12-6-14-7/h4,6,13H,3,5,11H2,1-2H3,(H,12,14). The van der Waals surface area contributed by atoms with Crippen molar-refractivity contribution in [2.45, 2.75) is 19.9 Å². The van der Waals surface area contributed by atoms with Crippen LogP contribution in [0.5, 0.6) is 0 Å². The van der Waals surface area contributed by atoms with Gasteiger partial charge in [0.25, 0.3) is 0 Å². The van der Waals surface area contributed by atoms with Crippen LogP contribution in [0.1, 0.15) is 18.3 Å². The first-order chi connectivity index (χ1) is 7.72. The van der Waals surface area contributed by atoms with Crippen molar-refractivity contribution in [3.63, 3.8) is 0 Å². The number of aromatic amines is 1. The highest BCUT2D eigenvalue weighted by atomic mass is 15.3. The first kappa shape index (κ1) is 10.5. The minimum atomic E-state index is 0.660. The van der Waals surface area contributed by atoms with Crippen LogP contribution in [-0.2, 0) is 20.0 Å². The summed E-state index contributed by atoms with van der Waals surface area (Å²) in [5, 5.41) is 7.57. The van der Waals surface area contributed by atoms with Gasteiger partial charge >= 0.3 is 0 Å². The molecular formula is C10H16N6. The number of nitrogens with one attached hydrogen (secondary N) is 2. The van der Waals surface area contributed by atoms with Gasteiger partial charge in [-0.2, -0.15) is 5.10 Å². The Balaban J connectivity index is 2.12. The number of aromatic nitrogens is 4. The zero-order valence-corrected chi connectivity index (χ0v) is 9.49. The maximum Gasteiger partial charge on any atom is 0.148 e. The normalized spacial score (nSPS) is 10.6. The van der Waals surface area contributed by atoms with Crippen LogP contribution in [0.2, 0.25) is 0 Å². The Bertz CT molecular complexity index is 456. The van der Waals surface area contributed by atoms with Crippen molar-refractivity contribution in [3.8, 4) is 0 Å². The van der Waals surface area contributed by atoms with E-state index in [0.717, 1.165) is 29.3 Å². The van der Waals surface area contributed by atoms with Gasteiger partial charge in [-0.1, -0.05) is 6.92 Å². The van der Waals surface area contributed by atoms with E-state index in [1.54, 1.807) is 17.2 Å². The van der Waals surface area contributed by atoms with Gasteiger partial charge in [-0.3, -0.25) is 4.68 Å². The SMILES string of the molecule is CCc1nn(C)c(NCc2cnc[nH]2)c1N. The molecule has 2 rings (SSSR count). The van der Waals surface area contributed by atoms with Crippen molar-refractivity contribution in [2.24, 2.45) is 7.05 Å². The molecule has 0 fully saturated rings. The zero-order chi connectivity index (χ0) is 11.5. The lowest BCUT2D eigenvalue weighted by atomic mass is 10.3. The van der Waals surface area contributed by atoms with Gasteiger partial charge in [-0.05, 0) is 6.42 Å². The van der Waals surface area contributed by atoms with Gasteiger partial charge in [0.2, 0.25) is 0 Å². The second-order valence-electron chi connectivity index (χ2n) is 3.62. The van der Waals surface area contributed by atoms with Gasteiger partial charge in [-0.15, -0.1) is 0 Å². The summed E-state index contributed by atoms with van der Waals surface area (Å²) in [6, 6.07) is 0. The minimum absolute atomic E-state index is 0.660. The minimum Gasteiger partial charge on any atom is -0.394 e. The number of hydrogen-bond donors (Lipinski definition) is 3. The molecule has 0 aliphatic heterocycles. The third kappa shape index (κ3) is 1.86. The molecule has 86 valence electrons. The van der Waals surface area contributed by atoms with E-state index in [4.69, 9.17) is 5.73 Å². The van der Waals surface area contributed by atoms with Crippen LogP contribution in [0.15, 0.2) is 12.5 Å². The molecule has 2 heterocycles. The molecule has 0 spiro atoms. The Labute approximate surface area is 93.9 Å². The molecule has 0 aliphatic rings. The van der Waals surface area contributed by atoms with E-state index < -0.39 is 0 Å². The number of nitrogens with zero attached hydrogens (tertiary/aromatic N) is 3. The maximum atomic E-state index is 5.98. The van der Waals surface area contributed by atoms with Crippen LogP contribution in [0.4, 0.5) is 11.5 Å². The fourth-order valence-corrected chi connectivity index (χ4v) is 1.63. The monoisotopic (exact) mass is 220 g/mol. The van der Waals surface area contributed by atoms with Crippen LogP contribution in [0.25, 0.3) is 0 Å². The third-order valence-electron chi connectivity index (χ3n) is 2.50. The van der Waals surface area contributed by atoms with Gasteiger partial charge in [0, 0.05) is 13.2 Å². The number of nitrogen functional groups attached to an aromatic ring is 1. The molecule has 16 heavy (non-hydrogen) atoms. The second-order valence-corrected chi connectivity index (χ2v) is 3.62. The molecule has 4 N–H and O–H groups in total. The molecule has 0 aliphatic carbocycles. The number of aryl methyl sites for hydroxylation is 2. The van der Waals surface area contributed by atoms with Gasteiger partial charge in [0.1, 0.15) is 5.82 Å². The van der Waals surface area contributed by atoms with Crippen LogP contribution in [0, 0.1) is 0 Å². The van der Waals surface area contributed by atoms with Crippen molar-refractivity contribution in [3.05, 3.63) is 23.9 Å². The van der Waals surface area contributed by atoms with Gasteiger partial charge < -0.3 is 16.0 Å². The number of rotatable bonds is 4. The van der Waals surface area contributed by atoms with Crippen LogP contribution < -0.4 is 11.1 Å². The summed E-state index contributed by atoms with van der Waals surface area (Å²) >= 11 is 0. The Morgan fingerprint density at radius 2 is 2.38 bits per heavy atom. The number of imidazole rings is 1. The summed E-state index contributed by atoms with van der Waals surface area (Å²) in [6.45, 7) is 2.70. The summed E-state index contributed by atoms with van der Waals surface area (Å²) in [4.78, 5) is 6.97. The molecule has 0 unspecified atom stereocenters. The molecule has 0 aromatic carbocycles. The van der Waals surface area contributed by atoms with E-state index in [1.807, 2.05) is 14.0 Å². The number of H-pyrrole nitrogens is 1. The summed E-state index contributed by atoms with van der Waals surface area (Å²) in [7, 11) is 1.88. The Morgan fingerprint density at radius 1 is 1.56 bits per heavy atom.